The molecule has 1 aliphatic rings. The summed E-state index contributed by atoms with van der Waals surface area (Å²) in [6, 6.07) is 0. The van der Waals surface area contributed by atoms with Crippen molar-refractivity contribution < 1.29 is 0 Å². The van der Waals surface area contributed by atoms with E-state index in [-0.39, 0.29) is 0 Å². The van der Waals surface area contributed by atoms with Gasteiger partial charge in [-0.25, -0.2) is 3.71 Å². The molecular formula is C16H32N2S2. The minimum atomic E-state index is 0.424. The molecule has 0 aromatic rings. The average molecular weight is 317 g/mol. The fraction of sp³-hybridized carbons (Fsp3) is 0.938. The van der Waals surface area contributed by atoms with Crippen LogP contribution < -0.4 is 0 Å². The van der Waals surface area contributed by atoms with E-state index in [1.54, 1.807) is 11.9 Å². The summed E-state index contributed by atoms with van der Waals surface area (Å²) in [4.78, 5) is 4.39. The largest absolute Gasteiger partial charge is 0.258 e. The number of unbranched alkanes of at least 4 members (excludes halogenated alkanes) is 8. The molecule has 4 heteroatoms. The lowest BCUT2D eigenvalue weighted by Crippen LogP contribution is -1.97. The van der Waals surface area contributed by atoms with Crippen LogP contribution in [-0.2, 0) is 0 Å². The Hall–Kier alpha value is 0.170. The second-order valence-corrected chi connectivity index (χ2v) is 8.13. The summed E-state index contributed by atoms with van der Waals surface area (Å²) in [6.45, 7) is 4.65. The topological polar surface area (TPSA) is 15.6 Å². The van der Waals surface area contributed by atoms with Crippen LogP contribution >= 0.6 is 24.8 Å². The summed E-state index contributed by atoms with van der Waals surface area (Å²) in [5.41, 5.74) is 0. The Morgan fingerprint density at radius 1 is 1.00 bits per heavy atom. The van der Waals surface area contributed by atoms with Crippen LogP contribution in [-0.4, -0.2) is 15.4 Å². The summed E-state index contributed by atoms with van der Waals surface area (Å²) in [5, 5.41) is 0.424. The van der Waals surface area contributed by atoms with Crippen molar-refractivity contribution in [2.45, 2.75) is 89.9 Å². The van der Waals surface area contributed by atoms with E-state index in [2.05, 4.69) is 31.7 Å². The second kappa shape index (κ2) is 11.8. The molecule has 118 valence electrons. The van der Waals surface area contributed by atoms with Gasteiger partial charge in [-0.3, -0.25) is 4.99 Å². The zero-order valence-electron chi connectivity index (χ0n) is 13.3. The highest BCUT2D eigenvalue weighted by Crippen LogP contribution is 2.28. The van der Waals surface area contributed by atoms with E-state index in [9.17, 15) is 0 Å². The Balaban J connectivity index is 1.74. The molecule has 20 heavy (non-hydrogen) atoms. The second-order valence-electron chi connectivity index (χ2n) is 6.28. The molecule has 0 saturated carbocycles. The van der Waals surface area contributed by atoms with Crippen LogP contribution in [0.2, 0.25) is 0 Å². The van der Waals surface area contributed by atoms with Crippen LogP contribution in [0.1, 0.15) is 84.5 Å². The maximum Gasteiger partial charge on any atom is 0.117 e. The first-order valence-corrected chi connectivity index (χ1v) is 9.60. The quantitative estimate of drug-likeness (QED) is 0.266. The predicted molar refractivity (Wildman–Crippen MR) is 96.3 cm³/mol. The Labute approximate surface area is 135 Å². The van der Waals surface area contributed by atoms with Gasteiger partial charge in [0.25, 0.3) is 0 Å². The highest BCUT2D eigenvalue weighted by molar-refractivity contribution is 8.06. The summed E-state index contributed by atoms with van der Waals surface area (Å²) in [5.74, 6) is 0.881. The maximum absolute atomic E-state index is 4.39. The molecule has 2 nitrogen and oxygen atoms in total. The predicted octanol–water partition coefficient (Wildman–Crippen LogP) is 6.10. The van der Waals surface area contributed by atoms with E-state index in [0.717, 1.165) is 5.92 Å². The number of aliphatic imine (C=N–C) groups is 1. The molecule has 0 saturated heterocycles. The molecule has 1 rings (SSSR count). The van der Waals surface area contributed by atoms with Crippen molar-refractivity contribution in [2.24, 2.45) is 10.9 Å². The summed E-state index contributed by atoms with van der Waals surface area (Å²) in [6.07, 6.45) is 17.1. The van der Waals surface area contributed by atoms with E-state index < -0.39 is 0 Å². The zero-order valence-corrected chi connectivity index (χ0v) is 15.0. The van der Waals surface area contributed by atoms with Crippen molar-refractivity contribution in [3.05, 3.63) is 0 Å². The lowest BCUT2D eigenvalue weighted by molar-refractivity contribution is 0.504. The van der Waals surface area contributed by atoms with E-state index in [4.69, 9.17) is 0 Å². The molecule has 0 aromatic carbocycles. The molecular weight excluding hydrogens is 284 g/mol. The van der Waals surface area contributed by atoms with Crippen LogP contribution in [0, 0.1) is 5.92 Å². The molecule has 1 aliphatic heterocycles. The first kappa shape index (κ1) is 18.2. The third-order valence-electron chi connectivity index (χ3n) is 3.79. The minimum Gasteiger partial charge on any atom is -0.258 e. The highest BCUT2D eigenvalue weighted by Gasteiger charge is 2.15. The van der Waals surface area contributed by atoms with Crippen molar-refractivity contribution in [1.29, 1.82) is 0 Å². The van der Waals surface area contributed by atoms with Crippen molar-refractivity contribution in [1.82, 2.24) is 3.71 Å². The molecule has 0 aliphatic carbocycles. The number of hydrogen-bond acceptors (Lipinski definition) is 4. The fourth-order valence-electron chi connectivity index (χ4n) is 2.55. The van der Waals surface area contributed by atoms with E-state index in [1.165, 1.54) is 70.6 Å². The van der Waals surface area contributed by atoms with Crippen molar-refractivity contribution >= 4 is 31.1 Å². The molecule has 0 fully saturated rings. The normalized spacial score (nSPS) is 18.4. The third kappa shape index (κ3) is 9.98. The first-order chi connectivity index (χ1) is 9.68. The standard InChI is InChI=1S/C16H32N2S2/c1-15(2)12-10-8-6-4-3-5-7-9-11-13-16-17-14-18(19)20-16/h14-16,19H,3-13H2,1-2H3. The van der Waals surface area contributed by atoms with Crippen LogP contribution in [0.3, 0.4) is 0 Å². The number of thiol groups is 1. The lowest BCUT2D eigenvalue weighted by Gasteiger charge is -2.08. The molecule has 0 N–H and O–H groups in total. The van der Waals surface area contributed by atoms with Crippen LogP contribution in [0.4, 0.5) is 0 Å². The van der Waals surface area contributed by atoms with Gasteiger partial charge in [0.1, 0.15) is 11.7 Å². The Morgan fingerprint density at radius 3 is 2.05 bits per heavy atom. The van der Waals surface area contributed by atoms with Gasteiger partial charge in [0.15, 0.2) is 0 Å². The van der Waals surface area contributed by atoms with E-state index in [1.807, 2.05) is 10.0 Å². The molecule has 1 unspecified atom stereocenters. The molecule has 1 atom stereocenters. The smallest absolute Gasteiger partial charge is 0.117 e. The summed E-state index contributed by atoms with van der Waals surface area (Å²) in [7, 11) is 0. The Morgan fingerprint density at radius 2 is 1.55 bits per heavy atom. The van der Waals surface area contributed by atoms with Gasteiger partial charge in [0.05, 0.1) is 0 Å². The van der Waals surface area contributed by atoms with Crippen molar-refractivity contribution in [3.8, 4) is 0 Å². The SMILES string of the molecule is CC(C)CCCCCCCCCCCC1N=CN(S)S1. The molecule has 0 bridgehead atoms. The summed E-state index contributed by atoms with van der Waals surface area (Å²) >= 11 is 5.96. The minimum absolute atomic E-state index is 0.424. The highest BCUT2D eigenvalue weighted by atomic mass is 32.2. The van der Waals surface area contributed by atoms with Gasteiger partial charge in [-0.2, -0.15) is 0 Å². The number of rotatable bonds is 12. The van der Waals surface area contributed by atoms with Crippen LogP contribution in [0.15, 0.2) is 4.99 Å². The van der Waals surface area contributed by atoms with Gasteiger partial charge >= 0.3 is 0 Å². The van der Waals surface area contributed by atoms with Gasteiger partial charge in [0, 0.05) is 0 Å². The molecule has 0 spiro atoms. The van der Waals surface area contributed by atoms with Crippen LogP contribution in [0.25, 0.3) is 0 Å². The molecule has 0 amide bonds. The maximum atomic E-state index is 4.39. The van der Waals surface area contributed by atoms with Gasteiger partial charge in [-0.15, -0.1) is 0 Å². The van der Waals surface area contributed by atoms with Gasteiger partial charge in [0.2, 0.25) is 0 Å². The number of hydrogen-bond donors (Lipinski definition) is 1. The number of nitrogens with zero attached hydrogens (tertiary/aromatic N) is 2. The summed E-state index contributed by atoms with van der Waals surface area (Å²) < 4.78 is 1.81. The molecule has 0 aromatic heterocycles. The van der Waals surface area contributed by atoms with Gasteiger partial charge in [-0.05, 0) is 24.3 Å². The van der Waals surface area contributed by atoms with Crippen molar-refractivity contribution in [3.63, 3.8) is 0 Å². The van der Waals surface area contributed by atoms with E-state index in [0.29, 0.717) is 5.37 Å². The first-order valence-electron chi connectivity index (χ1n) is 8.36. The van der Waals surface area contributed by atoms with Crippen LogP contribution in [0.5, 0.6) is 0 Å². The third-order valence-corrected chi connectivity index (χ3v) is 5.09. The monoisotopic (exact) mass is 316 g/mol. The average Bonchev–Trinajstić information content (AvgIpc) is 2.81. The Kier molecular flexibility index (Phi) is 10.7. The van der Waals surface area contributed by atoms with Gasteiger partial charge < -0.3 is 0 Å². The zero-order chi connectivity index (χ0) is 14.6. The lowest BCUT2D eigenvalue weighted by atomic mass is 10.0. The van der Waals surface area contributed by atoms with E-state index >= 15 is 0 Å². The fourth-order valence-corrected chi connectivity index (χ4v) is 3.67. The molecule has 1 heterocycles. The van der Waals surface area contributed by atoms with Crippen molar-refractivity contribution in [2.75, 3.05) is 0 Å². The van der Waals surface area contributed by atoms with Gasteiger partial charge in [-0.1, -0.05) is 90.9 Å². The molecule has 0 radical (unpaired) electrons. The Bertz CT molecular complexity index is 257.